The van der Waals surface area contributed by atoms with Gasteiger partial charge in [-0.05, 0) is 46.0 Å². The molecule has 11 heteroatoms. The molecule has 1 N–H and O–H groups in total. The highest BCUT2D eigenvalue weighted by Crippen LogP contribution is 2.47. The number of carbonyl (C=O) groups excluding carboxylic acids is 1. The van der Waals surface area contributed by atoms with Crippen LogP contribution in [0.5, 0.6) is 0 Å². The van der Waals surface area contributed by atoms with Crippen LogP contribution in [0.1, 0.15) is 111 Å². The van der Waals surface area contributed by atoms with E-state index in [-0.39, 0.29) is 24.5 Å². The van der Waals surface area contributed by atoms with Gasteiger partial charge in [0, 0.05) is 13.0 Å². The first-order valence-corrected chi connectivity index (χ1v) is 17.5. The molecule has 0 radical (unpaired) electrons. The maximum atomic E-state index is 12.5. The van der Waals surface area contributed by atoms with Crippen molar-refractivity contribution in [1.29, 1.82) is 0 Å². The van der Waals surface area contributed by atoms with Crippen LogP contribution in [0.4, 0.5) is 0 Å². The number of hydrogen-bond donors (Lipinski definition) is 1. The Kier molecular flexibility index (Phi) is 18.8. The Morgan fingerprint density at radius 1 is 0.927 bits per heavy atom. The normalized spacial score (nSPS) is 18.3. The minimum Gasteiger partial charge on any atom is -0.367 e. The number of ether oxygens (including phenoxy) is 1. The van der Waals surface area contributed by atoms with E-state index < -0.39 is 7.60 Å². The van der Waals surface area contributed by atoms with E-state index in [1.807, 2.05) is 4.90 Å². The molecule has 0 saturated heterocycles. The van der Waals surface area contributed by atoms with Crippen LogP contribution in [-0.2, 0) is 23.1 Å². The van der Waals surface area contributed by atoms with Gasteiger partial charge in [0.15, 0.2) is 6.17 Å². The lowest BCUT2D eigenvalue weighted by Crippen LogP contribution is -2.48. The fourth-order valence-corrected chi connectivity index (χ4v) is 6.18. The molecule has 0 aromatic rings. The van der Waals surface area contributed by atoms with E-state index in [0.29, 0.717) is 38.6 Å². The first-order chi connectivity index (χ1) is 20.0. The molecule has 2 aliphatic rings. The standard InChI is InChI=1S/C30H54N5O5P/c1-4-7-8-9-10-11-12-13-14-15-16-17-18-19-20-21-27(36)34-29-28-30(32-24-31-29)35(25-33-28)22-23-38-26-41(37,39-5-2)40-6-3/h13-14,24-25,28,30H,4-12,15-23,26H2,1-3H3,(H,31,32,34,36)/b14-13-. The van der Waals surface area contributed by atoms with Gasteiger partial charge in [0.2, 0.25) is 5.91 Å². The SMILES string of the molecule is CCCCCCCC/C=C\CCCCCCCC(=O)NC1=NC=NC2C1N=CN2CCOCP(=O)(OCC)OCC. The first-order valence-electron chi connectivity index (χ1n) is 15.8. The topological polar surface area (TPSA) is 114 Å². The van der Waals surface area contributed by atoms with Crippen LogP contribution in [0.25, 0.3) is 0 Å². The lowest BCUT2D eigenvalue weighted by molar-refractivity contribution is -0.119. The van der Waals surface area contributed by atoms with Gasteiger partial charge in [-0.2, -0.15) is 0 Å². The number of unbranched alkanes of at least 4 members (excludes halogenated alkanes) is 11. The fraction of sp³-hybridized carbons (Fsp3) is 0.800. The molecule has 2 aliphatic heterocycles. The predicted octanol–water partition coefficient (Wildman–Crippen LogP) is 6.86. The summed E-state index contributed by atoms with van der Waals surface area (Å²) in [4.78, 5) is 27.7. The summed E-state index contributed by atoms with van der Waals surface area (Å²) in [6.45, 7) is 7.19. The average molecular weight is 596 g/mol. The van der Waals surface area contributed by atoms with Crippen molar-refractivity contribution in [1.82, 2.24) is 10.2 Å². The van der Waals surface area contributed by atoms with E-state index in [4.69, 9.17) is 13.8 Å². The Morgan fingerprint density at radius 2 is 1.56 bits per heavy atom. The number of carbonyl (C=O) groups is 1. The number of nitrogens with one attached hydrogen (secondary N) is 1. The van der Waals surface area contributed by atoms with Crippen LogP contribution in [0, 0.1) is 0 Å². The van der Waals surface area contributed by atoms with Crippen molar-refractivity contribution in [3.8, 4) is 0 Å². The number of allylic oxidation sites excluding steroid dienone is 2. The van der Waals surface area contributed by atoms with Gasteiger partial charge >= 0.3 is 7.60 Å². The summed E-state index contributed by atoms with van der Waals surface area (Å²) >= 11 is 0. The van der Waals surface area contributed by atoms with E-state index in [2.05, 4.69) is 39.4 Å². The van der Waals surface area contributed by atoms with E-state index in [1.54, 1.807) is 20.2 Å². The molecule has 0 aromatic heterocycles. The smallest absolute Gasteiger partial charge is 0.356 e. The zero-order chi connectivity index (χ0) is 29.6. The van der Waals surface area contributed by atoms with Crippen LogP contribution in [0.2, 0.25) is 0 Å². The van der Waals surface area contributed by atoms with Crippen molar-refractivity contribution in [2.75, 3.05) is 32.7 Å². The molecular formula is C30H54N5O5P. The molecule has 0 bridgehead atoms. The van der Waals surface area contributed by atoms with Crippen molar-refractivity contribution in [2.45, 2.75) is 123 Å². The van der Waals surface area contributed by atoms with Gasteiger partial charge in [0.1, 0.15) is 24.6 Å². The van der Waals surface area contributed by atoms with Gasteiger partial charge in [-0.1, -0.05) is 70.4 Å². The summed E-state index contributed by atoms with van der Waals surface area (Å²) in [5.74, 6) is 0.495. The maximum absolute atomic E-state index is 12.5. The zero-order valence-electron chi connectivity index (χ0n) is 25.7. The molecule has 0 spiro atoms. The van der Waals surface area contributed by atoms with Gasteiger partial charge in [0.05, 0.1) is 26.2 Å². The summed E-state index contributed by atoms with van der Waals surface area (Å²) in [7, 11) is -3.24. The van der Waals surface area contributed by atoms with Crippen molar-refractivity contribution in [3.63, 3.8) is 0 Å². The third-order valence-electron chi connectivity index (χ3n) is 7.02. The largest absolute Gasteiger partial charge is 0.367 e. The molecule has 2 heterocycles. The van der Waals surface area contributed by atoms with Gasteiger partial charge < -0.3 is 24.0 Å². The highest BCUT2D eigenvalue weighted by atomic mass is 31.2. The number of hydrogen-bond acceptors (Lipinski definition) is 9. The van der Waals surface area contributed by atoms with Gasteiger partial charge in [-0.25, -0.2) is 9.98 Å². The minimum atomic E-state index is -3.24. The van der Waals surface area contributed by atoms with Crippen LogP contribution >= 0.6 is 7.60 Å². The van der Waals surface area contributed by atoms with Crippen molar-refractivity contribution < 1.29 is 23.1 Å². The summed E-state index contributed by atoms with van der Waals surface area (Å²) in [6.07, 6.45) is 24.0. The van der Waals surface area contributed by atoms with Crippen LogP contribution in [0.15, 0.2) is 27.1 Å². The predicted molar refractivity (Wildman–Crippen MR) is 168 cm³/mol. The second-order valence-corrected chi connectivity index (χ2v) is 12.5. The Labute approximate surface area is 248 Å². The second-order valence-electron chi connectivity index (χ2n) is 10.5. The Hall–Kier alpha value is -1.87. The van der Waals surface area contributed by atoms with Crippen LogP contribution < -0.4 is 5.32 Å². The van der Waals surface area contributed by atoms with Crippen molar-refractivity contribution >= 4 is 32.0 Å². The fourth-order valence-electron chi connectivity index (χ4n) is 4.81. The molecule has 2 atom stereocenters. The molecule has 0 saturated carbocycles. The molecular weight excluding hydrogens is 541 g/mol. The molecule has 10 nitrogen and oxygen atoms in total. The molecule has 0 aliphatic carbocycles. The molecule has 41 heavy (non-hydrogen) atoms. The van der Waals surface area contributed by atoms with E-state index in [1.165, 1.54) is 64.1 Å². The monoisotopic (exact) mass is 595 g/mol. The van der Waals surface area contributed by atoms with E-state index in [9.17, 15) is 9.36 Å². The number of amides is 1. The highest BCUT2D eigenvalue weighted by molar-refractivity contribution is 7.53. The Morgan fingerprint density at radius 3 is 2.22 bits per heavy atom. The van der Waals surface area contributed by atoms with Gasteiger partial charge in [-0.15, -0.1) is 0 Å². The minimum absolute atomic E-state index is 0.0324. The molecule has 2 rings (SSSR count). The van der Waals surface area contributed by atoms with Crippen LogP contribution in [-0.4, -0.2) is 74.2 Å². The van der Waals surface area contributed by atoms with Crippen molar-refractivity contribution in [2.24, 2.45) is 15.0 Å². The highest BCUT2D eigenvalue weighted by Gasteiger charge is 2.36. The summed E-state index contributed by atoms with van der Waals surface area (Å²) < 4.78 is 28.6. The molecule has 1 amide bonds. The lowest BCUT2D eigenvalue weighted by Gasteiger charge is -2.27. The summed E-state index contributed by atoms with van der Waals surface area (Å²) in [6, 6.07) is -0.351. The van der Waals surface area contributed by atoms with Crippen molar-refractivity contribution in [3.05, 3.63) is 12.2 Å². The number of aliphatic imine (C=N–C) groups is 3. The first kappa shape index (κ1) is 35.3. The number of fused-ring (bicyclic) bond motifs is 1. The average Bonchev–Trinajstić information content (AvgIpc) is 3.37. The van der Waals surface area contributed by atoms with E-state index in [0.717, 1.165) is 25.7 Å². The molecule has 0 aromatic carbocycles. The van der Waals surface area contributed by atoms with Gasteiger partial charge in [-0.3, -0.25) is 14.4 Å². The van der Waals surface area contributed by atoms with Crippen LogP contribution in [0.3, 0.4) is 0 Å². The number of rotatable bonds is 24. The maximum Gasteiger partial charge on any atom is 0.356 e. The van der Waals surface area contributed by atoms with E-state index >= 15 is 0 Å². The summed E-state index contributed by atoms with van der Waals surface area (Å²) in [5, 5.41) is 2.94. The number of amidine groups is 1. The molecule has 2 unspecified atom stereocenters. The number of nitrogens with zero attached hydrogens (tertiary/aromatic N) is 4. The Balaban J connectivity index is 1.53. The van der Waals surface area contributed by atoms with Gasteiger partial charge in [0.25, 0.3) is 0 Å². The molecule has 0 fully saturated rings. The second kappa shape index (κ2) is 21.8. The lowest BCUT2D eigenvalue weighted by atomic mass is 10.1. The summed E-state index contributed by atoms with van der Waals surface area (Å²) in [5.41, 5.74) is 0. The Bertz CT molecular complexity index is 884. The zero-order valence-corrected chi connectivity index (χ0v) is 26.6. The quantitative estimate of drug-likeness (QED) is 0.0741. The third kappa shape index (κ3) is 14.7. The molecule has 234 valence electrons. The third-order valence-corrected chi connectivity index (χ3v) is 8.82.